The van der Waals surface area contributed by atoms with E-state index in [2.05, 4.69) is 16.8 Å². The van der Waals surface area contributed by atoms with Crippen molar-refractivity contribution in [2.45, 2.75) is 13.0 Å². The molecule has 108 valence electrons. The van der Waals surface area contributed by atoms with Gasteiger partial charge in [0.2, 0.25) is 0 Å². The van der Waals surface area contributed by atoms with Crippen LogP contribution in [0.1, 0.15) is 17.5 Å². The topological polar surface area (TPSA) is 22.1 Å². The maximum atomic E-state index is 13.3. The zero-order valence-corrected chi connectivity index (χ0v) is 11.8. The maximum absolute atomic E-state index is 13.3. The van der Waals surface area contributed by atoms with E-state index in [0.29, 0.717) is 29.2 Å². The molecule has 0 aliphatic rings. The van der Waals surface area contributed by atoms with Crippen LogP contribution in [0, 0.1) is 23.5 Å². The molecule has 0 amide bonds. The number of halogens is 3. The van der Waals surface area contributed by atoms with Gasteiger partial charge in [0.25, 0.3) is 0 Å². The fourth-order valence-corrected chi connectivity index (χ4v) is 1.71. The smallest absolute Gasteiger partial charge is 0.141 e. The van der Waals surface area contributed by atoms with Gasteiger partial charge in [-0.15, -0.1) is 11.6 Å². The Morgan fingerprint density at radius 3 is 2.76 bits per heavy atom. The number of rotatable bonds is 4. The highest BCUT2D eigenvalue weighted by Gasteiger charge is 2.05. The van der Waals surface area contributed by atoms with E-state index < -0.39 is 11.6 Å². The summed E-state index contributed by atoms with van der Waals surface area (Å²) in [5.41, 5.74) is 1.12. The Kier molecular flexibility index (Phi) is 5.53. The summed E-state index contributed by atoms with van der Waals surface area (Å²) in [4.78, 5) is 3.73. The number of hydrogen-bond donors (Lipinski definition) is 0. The van der Waals surface area contributed by atoms with Gasteiger partial charge in [-0.25, -0.2) is 8.78 Å². The highest BCUT2D eigenvalue weighted by molar-refractivity contribution is 6.18. The van der Waals surface area contributed by atoms with Crippen molar-refractivity contribution in [3.05, 3.63) is 59.4 Å². The predicted octanol–water partition coefficient (Wildman–Crippen LogP) is 3.92. The zero-order valence-electron chi connectivity index (χ0n) is 11.1. The highest BCUT2D eigenvalue weighted by Crippen LogP contribution is 2.20. The van der Waals surface area contributed by atoms with Gasteiger partial charge < -0.3 is 4.74 Å². The Morgan fingerprint density at radius 1 is 1.14 bits per heavy atom. The maximum Gasteiger partial charge on any atom is 0.141 e. The first kappa shape index (κ1) is 15.3. The number of ether oxygens (including phenoxy) is 1. The van der Waals surface area contributed by atoms with E-state index in [4.69, 9.17) is 16.3 Å². The molecule has 0 saturated carbocycles. The summed E-state index contributed by atoms with van der Waals surface area (Å²) < 4.78 is 31.8. The van der Waals surface area contributed by atoms with Crippen molar-refractivity contribution in [2.75, 3.05) is 5.88 Å². The van der Waals surface area contributed by atoms with Crippen molar-refractivity contribution in [2.24, 2.45) is 0 Å². The summed E-state index contributed by atoms with van der Waals surface area (Å²) in [6, 6.07) is 5.40. The van der Waals surface area contributed by atoms with Crippen LogP contribution in [0.4, 0.5) is 8.78 Å². The minimum absolute atomic E-state index is 0.0817. The molecule has 2 rings (SSSR count). The van der Waals surface area contributed by atoms with E-state index in [1.165, 1.54) is 30.5 Å². The van der Waals surface area contributed by atoms with Gasteiger partial charge in [0.05, 0.1) is 11.8 Å². The third kappa shape index (κ3) is 4.73. The van der Waals surface area contributed by atoms with E-state index in [9.17, 15) is 8.78 Å². The Balaban J connectivity index is 2.15. The summed E-state index contributed by atoms with van der Waals surface area (Å²) >= 11 is 5.55. The van der Waals surface area contributed by atoms with Gasteiger partial charge in [-0.2, -0.15) is 0 Å². The molecule has 2 aromatic rings. The van der Waals surface area contributed by atoms with Crippen LogP contribution in [-0.4, -0.2) is 10.9 Å². The molecule has 0 bridgehead atoms. The number of benzene rings is 1. The molecule has 0 atom stereocenters. The van der Waals surface area contributed by atoms with Crippen LogP contribution in [0.15, 0.2) is 36.7 Å². The van der Waals surface area contributed by atoms with Crippen LogP contribution in [-0.2, 0) is 6.61 Å². The second kappa shape index (κ2) is 7.61. The summed E-state index contributed by atoms with van der Waals surface area (Å²) in [7, 11) is 0. The monoisotopic (exact) mass is 307 g/mol. The zero-order chi connectivity index (χ0) is 15.1. The van der Waals surface area contributed by atoms with Crippen molar-refractivity contribution >= 4 is 11.6 Å². The Morgan fingerprint density at radius 2 is 2.00 bits per heavy atom. The molecule has 0 radical (unpaired) electrons. The van der Waals surface area contributed by atoms with Gasteiger partial charge in [0.1, 0.15) is 24.0 Å². The van der Waals surface area contributed by atoms with E-state index >= 15 is 0 Å². The molecular weight excluding hydrogens is 296 g/mol. The highest BCUT2D eigenvalue weighted by atomic mass is 35.5. The number of hydrogen-bond acceptors (Lipinski definition) is 2. The molecule has 0 fully saturated rings. The SMILES string of the molecule is Fc1cncc(COc2cc(F)ccc2C#CCCCl)c1. The summed E-state index contributed by atoms with van der Waals surface area (Å²) in [6.07, 6.45) is 3.13. The van der Waals surface area contributed by atoms with Crippen LogP contribution >= 0.6 is 11.6 Å². The number of pyridine rings is 1. The number of aromatic nitrogens is 1. The lowest BCUT2D eigenvalue weighted by atomic mass is 10.2. The molecule has 0 saturated heterocycles. The van der Waals surface area contributed by atoms with Crippen molar-refractivity contribution < 1.29 is 13.5 Å². The molecule has 0 aliphatic heterocycles. The van der Waals surface area contributed by atoms with Crippen molar-refractivity contribution in [3.63, 3.8) is 0 Å². The summed E-state index contributed by atoms with van der Waals surface area (Å²) in [5, 5.41) is 0. The largest absolute Gasteiger partial charge is 0.487 e. The molecule has 1 aromatic carbocycles. The fraction of sp³-hybridized carbons (Fsp3) is 0.188. The Hall–Kier alpha value is -2.12. The van der Waals surface area contributed by atoms with Crippen LogP contribution < -0.4 is 4.74 Å². The second-order valence-electron chi connectivity index (χ2n) is 4.18. The minimum Gasteiger partial charge on any atom is -0.487 e. The molecule has 21 heavy (non-hydrogen) atoms. The fourth-order valence-electron chi connectivity index (χ4n) is 1.62. The third-order valence-electron chi connectivity index (χ3n) is 2.54. The van der Waals surface area contributed by atoms with E-state index in [-0.39, 0.29) is 6.61 Å². The van der Waals surface area contributed by atoms with Gasteiger partial charge in [-0.1, -0.05) is 11.8 Å². The van der Waals surface area contributed by atoms with Crippen LogP contribution in [0.5, 0.6) is 5.75 Å². The molecular formula is C16H12ClF2NO. The van der Waals surface area contributed by atoms with E-state index in [1.54, 1.807) is 0 Å². The van der Waals surface area contributed by atoms with Crippen molar-refractivity contribution in [1.82, 2.24) is 4.98 Å². The molecule has 0 N–H and O–H groups in total. The minimum atomic E-state index is -0.447. The molecule has 0 spiro atoms. The first-order valence-electron chi connectivity index (χ1n) is 6.25. The van der Waals surface area contributed by atoms with Gasteiger partial charge in [-0.05, 0) is 18.2 Å². The van der Waals surface area contributed by atoms with Crippen molar-refractivity contribution in [3.8, 4) is 17.6 Å². The standard InChI is InChI=1S/C16H12ClF2NO/c17-6-2-1-3-13-4-5-14(18)8-16(13)21-11-12-7-15(19)10-20-9-12/h4-5,7-10H,2,6,11H2. The van der Waals surface area contributed by atoms with Gasteiger partial charge in [0.15, 0.2) is 0 Å². The first-order valence-corrected chi connectivity index (χ1v) is 6.79. The summed E-state index contributed by atoms with van der Waals surface area (Å²) in [6.45, 7) is 0.0817. The lowest BCUT2D eigenvalue weighted by Gasteiger charge is -2.08. The molecule has 5 heteroatoms. The van der Waals surface area contributed by atoms with Gasteiger partial charge >= 0.3 is 0 Å². The molecule has 2 nitrogen and oxygen atoms in total. The van der Waals surface area contributed by atoms with E-state index in [0.717, 1.165) is 6.20 Å². The van der Waals surface area contributed by atoms with Crippen molar-refractivity contribution in [1.29, 1.82) is 0 Å². The molecule has 0 unspecified atom stereocenters. The molecule has 0 aliphatic carbocycles. The van der Waals surface area contributed by atoms with E-state index in [1.807, 2.05) is 0 Å². The second-order valence-corrected chi connectivity index (χ2v) is 4.56. The normalized spacial score (nSPS) is 9.86. The lowest BCUT2D eigenvalue weighted by Crippen LogP contribution is -1.99. The van der Waals surface area contributed by atoms with Crippen LogP contribution in [0.25, 0.3) is 0 Å². The van der Waals surface area contributed by atoms with Gasteiger partial charge in [-0.3, -0.25) is 4.98 Å². The predicted molar refractivity (Wildman–Crippen MR) is 77.1 cm³/mol. The van der Waals surface area contributed by atoms with Gasteiger partial charge in [0, 0.05) is 30.1 Å². The molecule has 1 aromatic heterocycles. The number of alkyl halides is 1. The Bertz CT molecular complexity index is 679. The lowest BCUT2D eigenvalue weighted by molar-refractivity contribution is 0.302. The summed E-state index contributed by atoms with van der Waals surface area (Å²) in [5.74, 6) is 5.60. The Labute approximate surface area is 126 Å². The quantitative estimate of drug-likeness (QED) is 0.631. The third-order valence-corrected chi connectivity index (χ3v) is 2.73. The first-order chi connectivity index (χ1) is 10.2. The molecule has 1 heterocycles. The average Bonchev–Trinajstić information content (AvgIpc) is 2.47. The van der Waals surface area contributed by atoms with Crippen LogP contribution in [0.2, 0.25) is 0 Å². The van der Waals surface area contributed by atoms with Crippen LogP contribution in [0.3, 0.4) is 0 Å². The average molecular weight is 308 g/mol. The number of nitrogens with zero attached hydrogens (tertiary/aromatic N) is 1.